The molecule has 2 saturated heterocycles. The first-order valence-electron chi connectivity index (χ1n) is 7.59. The number of likely N-dealkylation sites (tertiary alicyclic amines) is 1. The predicted molar refractivity (Wildman–Crippen MR) is 96.7 cm³/mol. The van der Waals surface area contributed by atoms with Crippen LogP contribution in [0.5, 0.6) is 0 Å². The Morgan fingerprint density at radius 2 is 1.83 bits per heavy atom. The second-order valence-electron chi connectivity index (χ2n) is 6.22. The highest BCUT2D eigenvalue weighted by molar-refractivity contribution is 6.06. The van der Waals surface area contributed by atoms with E-state index in [1.807, 2.05) is 42.2 Å². The lowest BCUT2D eigenvalue weighted by Gasteiger charge is -2.19. The Labute approximate surface area is 148 Å². The minimum Gasteiger partial charge on any atom is -0.338 e. The molecule has 2 aromatic rings. The molecule has 0 unspecified atom stereocenters. The van der Waals surface area contributed by atoms with Crippen LogP contribution in [0.25, 0.3) is 10.9 Å². The molecule has 1 aromatic carbocycles. The Balaban J connectivity index is 0.000000960. The monoisotopic (exact) mass is 353 g/mol. The van der Waals surface area contributed by atoms with Crippen LogP contribution in [0.4, 0.5) is 0 Å². The minimum atomic E-state index is 0. The van der Waals surface area contributed by atoms with Crippen LogP contribution in [0.3, 0.4) is 0 Å². The van der Waals surface area contributed by atoms with Gasteiger partial charge < -0.3 is 10.2 Å². The summed E-state index contributed by atoms with van der Waals surface area (Å²) < 4.78 is 0. The van der Waals surface area contributed by atoms with Crippen LogP contribution >= 0.6 is 24.8 Å². The SMILES string of the molecule is Cc1cc(C(=O)N2C[C@H]3CNC[C@H]3C2)c2ccccc2n1.Cl.Cl. The summed E-state index contributed by atoms with van der Waals surface area (Å²) in [5, 5.41) is 4.38. The van der Waals surface area contributed by atoms with E-state index in [1.54, 1.807) is 0 Å². The first kappa shape index (κ1) is 18.0. The molecule has 0 radical (unpaired) electrons. The molecule has 6 heteroatoms. The van der Waals surface area contributed by atoms with Gasteiger partial charge in [-0.15, -0.1) is 24.8 Å². The average Bonchev–Trinajstić information content (AvgIpc) is 3.06. The fourth-order valence-corrected chi connectivity index (χ4v) is 3.68. The maximum Gasteiger partial charge on any atom is 0.254 e. The first-order chi connectivity index (χ1) is 10.2. The van der Waals surface area contributed by atoms with Gasteiger partial charge in [-0.3, -0.25) is 9.78 Å². The van der Waals surface area contributed by atoms with Gasteiger partial charge in [0.1, 0.15) is 0 Å². The zero-order valence-electron chi connectivity index (χ0n) is 13.0. The van der Waals surface area contributed by atoms with E-state index in [2.05, 4.69) is 10.3 Å². The quantitative estimate of drug-likeness (QED) is 0.857. The van der Waals surface area contributed by atoms with Gasteiger partial charge in [0.15, 0.2) is 0 Å². The highest BCUT2D eigenvalue weighted by Crippen LogP contribution is 2.29. The molecule has 3 heterocycles. The molecule has 1 amide bonds. The van der Waals surface area contributed by atoms with Crippen molar-refractivity contribution in [3.05, 3.63) is 41.6 Å². The van der Waals surface area contributed by atoms with E-state index in [1.165, 1.54) is 0 Å². The number of benzene rings is 1. The minimum absolute atomic E-state index is 0. The number of nitrogens with zero attached hydrogens (tertiary/aromatic N) is 2. The molecule has 0 saturated carbocycles. The molecule has 23 heavy (non-hydrogen) atoms. The molecular formula is C17H21Cl2N3O. The van der Waals surface area contributed by atoms with Gasteiger partial charge in [-0.25, -0.2) is 0 Å². The van der Waals surface area contributed by atoms with Crippen LogP contribution < -0.4 is 5.32 Å². The number of fused-ring (bicyclic) bond motifs is 2. The maximum absolute atomic E-state index is 12.9. The maximum atomic E-state index is 12.9. The number of rotatable bonds is 1. The largest absolute Gasteiger partial charge is 0.338 e. The molecule has 0 bridgehead atoms. The molecule has 1 aromatic heterocycles. The third-order valence-corrected chi connectivity index (χ3v) is 4.75. The Hall–Kier alpha value is -1.36. The number of amides is 1. The highest BCUT2D eigenvalue weighted by Gasteiger charge is 2.38. The molecule has 0 spiro atoms. The van der Waals surface area contributed by atoms with Crippen LogP contribution in [0.15, 0.2) is 30.3 Å². The highest BCUT2D eigenvalue weighted by atomic mass is 35.5. The van der Waals surface area contributed by atoms with E-state index in [9.17, 15) is 4.79 Å². The van der Waals surface area contributed by atoms with Crippen LogP contribution in [-0.4, -0.2) is 42.0 Å². The molecule has 2 atom stereocenters. The number of pyridine rings is 1. The molecule has 4 rings (SSSR count). The standard InChI is InChI=1S/C17H19N3O.2ClH/c1-11-6-15(14-4-2-3-5-16(14)19-11)17(21)20-9-12-7-18-8-13(12)10-20;;/h2-6,12-13,18H,7-10H2,1H3;2*1H/t12-,13+;;. The van der Waals surface area contributed by atoms with Crippen molar-refractivity contribution in [2.24, 2.45) is 11.8 Å². The molecule has 4 nitrogen and oxygen atoms in total. The average molecular weight is 354 g/mol. The number of hydrogen-bond acceptors (Lipinski definition) is 3. The zero-order valence-corrected chi connectivity index (χ0v) is 14.6. The van der Waals surface area contributed by atoms with Crippen molar-refractivity contribution < 1.29 is 4.79 Å². The van der Waals surface area contributed by atoms with E-state index in [0.717, 1.165) is 48.3 Å². The molecule has 124 valence electrons. The lowest BCUT2D eigenvalue weighted by Crippen LogP contribution is -2.32. The third kappa shape index (κ3) is 3.16. The molecule has 1 N–H and O–H groups in total. The van der Waals surface area contributed by atoms with Crippen molar-refractivity contribution in [1.82, 2.24) is 15.2 Å². The Morgan fingerprint density at radius 3 is 2.52 bits per heavy atom. The van der Waals surface area contributed by atoms with Gasteiger partial charge in [0, 0.05) is 37.3 Å². The van der Waals surface area contributed by atoms with Gasteiger partial charge in [0.2, 0.25) is 0 Å². The second kappa shape index (κ2) is 7.04. The van der Waals surface area contributed by atoms with Gasteiger partial charge in [-0.2, -0.15) is 0 Å². The van der Waals surface area contributed by atoms with E-state index in [4.69, 9.17) is 0 Å². The fourth-order valence-electron chi connectivity index (χ4n) is 3.68. The second-order valence-corrected chi connectivity index (χ2v) is 6.22. The van der Waals surface area contributed by atoms with Gasteiger partial charge >= 0.3 is 0 Å². The van der Waals surface area contributed by atoms with Gasteiger partial charge in [-0.1, -0.05) is 18.2 Å². The third-order valence-electron chi connectivity index (χ3n) is 4.75. The summed E-state index contributed by atoms with van der Waals surface area (Å²) in [4.78, 5) is 19.5. The number of nitrogens with one attached hydrogen (secondary N) is 1. The van der Waals surface area contributed by atoms with Crippen LogP contribution in [-0.2, 0) is 0 Å². The van der Waals surface area contributed by atoms with E-state index < -0.39 is 0 Å². The topological polar surface area (TPSA) is 45.2 Å². The Morgan fingerprint density at radius 1 is 1.17 bits per heavy atom. The van der Waals surface area contributed by atoms with Crippen LogP contribution in [0.1, 0.15) is 16.1 Å². The summed E-state index contributed by atoms with van der Waals surface area (Å²) in [6, 6.07) is 9.83. The number of aryl methyl sites for hydroxylation is 1. The first-order valence-corrected chi connectivity index (χ1v) is 7.59. The number of aromatic nitrogens is 1. The van der Waals surface area contributed by atoms with Gasteiger partial charge in [0.05, 0.1) is 11.1 Å². The summed E-state index contributed by atoms with van der Waals surface area (Å²) >= 11 is 0. The van der Waals surface area contributed by atoms with Crippen LogP contribution in [0, 0.1) is 18.8 Å². The summed E-state index contributed by atoms with van der Waals surface area (Å²) in [5.41, 5.74) is 2.60. The lowest BCUT2D eigenvalue weighted by atomic mass is 10.0. The number of halogens is 2. The normalized spacial score (nSPS) is 22.4. The molecule has 2 aliphatic heterocycles. The van der Waals surface area contributed by atoms with Crippen molar-refractivity contribution in [1.29, 1.82) is 0 Å². The molecular weight excluding hydrogens is 333 g/mol. The molecule has 0 aliphatic carbocycles. The fraction of sp³-hybridized carbons (Fsp3) is 0.412. The molecule has 2 fully saturated rings. The smallest absolute Gasteiger partial charge is 0.254 e. The lowest BCUT2D eigenvalue weighted by molar-refractivity contribution is 0.0783. The van der Waals surface area contributed by atoms with Crippen molar-refractivity contribution in [2.45, 2.75) is 6.92 Å². The Bertz CT molecular complexity index is 710. The summed E-state index contributed by atoms with van der Waals surface area (Å²) in [7, 11) is 0. The van der Waals surface area contributed by atoms with Gasteiger partial charge in [-0.05, 0) is 30.9 Å². The van der Waals surface area contributed by atoms with Crippen LogP contribution in [0.2, 0.25) is 0 Å². The van der Waals surface area contributed by atoms with E-state index in [0.29, 0.717) is 11.8 Å². The number of carbonyl (C=O) groups excluding carboxylic acids is 1. The predicted octanol–water partition coefficient (Wildman–Crippen LogP) is 2.68. The zero-order chi connectivity index (χ0) is 14.4. The summed E-state index contributed by atoms with van der Waals surface area (Å²) in [5.74, 6) is 1.41. The number of carbonyl (C=O) groups is 1. The van der Waals surface area contributed by atoms with Crippen molar-refractivity contribution in [3.8, 4) is 0 Å². The van der Waals surface area contributed by atoms with Crippen molar-refractivity contribution >= 4 is 41.6 Å². The Kier molecular flexibility index (Phi) is 5.50. The number of para-hydroxylation sites is 1. The van der Waals surface area contributed by atoms with E-state index in [-0.39, 0.29) is 30.7 Å². The van der Waals surface area contributed by atoms with Crippen molar-refractivity contribution in [3.63, 3.8) is 0 Å². The summed E-state index contributed by atoms with van der Waals surface area (Å²) in [6.07, 6.45) is 0. The van der Waals surface area contributed by atoms with E-state index >= 15 is 0 Å². The summed E-state index contributed by atoms with van der Waals surface area (Å²) in [6.45, 7) is 5.80. The van der Waals surface area contributed by atoms with Gasteiger partial charge in [0.25, 0.3) is 5.91 Å². The number of hydrogen-bond donors (Lipinski definition) is 1. The molecule has 2 aliphatic rings. The van der Waals surface area contributed by atoms with Crippen molar-refractivity contribution in [2.75, 3.05) is 26.2 Å².